The molecular formula is C18H16N4O. The molecular weight excluding hydrogens is 288 g/mol. The minimum absolute atomic E-state index is 0.134. The van der Waals surface area contributed by atoms with Crippen molar-refractivity contribution in [3.63, 3.8) is 0 Å². The van der Waals surface area contributed by atoms with Gasteiger partial charge in [0.1, 0.15) is 5.82 Å². The van der Waals surface area contributed by atoms with E-state index in [-0.39, 0.29) is 5.56 Å². The minimum Gasteiger partial charge on any atom is -0.320 e. The molecule has 2 heterocycles. The van der Waals surface area contributed by atoms with Gasteiger partial charge < -0.3 is 9.55 Å². The highest BCUT2D eigenvalue weighted by atomic mass is 16.1. The highest BCUT2D eigenvalue weighted by Gasteiger charge is 2.10. The lowest BCUT2D eigenvalue weighted by atomic mass is 10.1. The molecule has 0 bridgehead atoms. The quantitative estimate of drug-likeness (QED) is 0.633. The van der Waals surface area contributed by atoms with Crippen LogP contribution < -0.4 is 5.56 Å². The number of H-pyrrole nitrogens is 1. The van der Waals surface area contributed by atoms with Crippen LogP contribution in [-0.4, -0.2) is 19.5 Å². The summed E-state index contributed by atoms with van der Waals surface area (Å²) in [5, 5.41) is 2.40. The Morgan fingerprint density at radius 3 is 2.78 bits per heavy atom. The molecule has 114 valence electrons. The normalized spacial score (nSPS) is 11.3. The maximum absolute atomic E-state index is 12.3. The molecule has 0 atom stereocenters. The summed E-state index contributed by atoms with van der Waals surface area (Å²) in [5.74, 6) is 0.665. The van der Waals surface area contributed by atoms with Gasteiger partial charge in [-0.1, -0.05) is 43.3 Å². The third-order valence-electron chi connectivity index (χ3n) is 4.03. The van der Waals surface area contributed by atoms with E-state index in [9.17, 15) is 4.79 Å². The van der Waals surface area contributed by atoms with Crippen LogP contribution in [0.4, 0.5) is 0 Å². The zero-order valence-electron chi connectivity index (χ0n) is 12.8. The maximum atomic E-state index is 12.3. The molecule has 5 nitrogen and oxygen atoms in total. The number of aryl methyl sites for hydroxylation is 1. The number of benzene rings is 2. The summed E-state index contributed by atoms with van der Waals surface area (Å²) in [5.41, 5.74) is 2.02. The van der Waals surface area contributed by atoms with E-state index < -0.39 is 0 Å². The van der Waals surface area contributed by atoms with Gasteiger partial charge in [0.05, 0.1) is 6.33 Å². The Labute approximate surface area is 132 Å². The van der Waals surface area contributed by atoms with E-state index in [0.29, 0.717) is 30.0 Å². The Kier molecular flexibility index (Phi) is 3.19. The molecule has 4 aromatic rings. The third kappa shape index (κ3) is 2.40. The van der Waals surface area contributed by atoms with E-state index in [1.54, 1.807) is 6.33 Å². The monoisotopic (exact) mass is 304 g/mol. The number of nitrogens with one attached hydrogen (secondary N) is 1. The fourth-order valence-corrected chi connectivity index (χ4v) is 2.85. The molecule has 2 aromatic heterocycles. The van der Waals surface area contributed by atoms with Gasteiger partial charge in [0.2, 0.25) is 0 Å². The number of hydrogen-bond donors (Lipinski definition) is 1. The molecule has 0 aliphatic carbocycles. The Morgan fingerprint density at radius 1 is 1.13 bits per heavy atom. The van der Waals surface area contributed by atoms with Crippen molar-refractivity contribution in [3.8, 4) is 0 Å². The Hall–Kier alpha value is -2.95. The van der Waals surface area contributed by atoms with Crippen LogP contribution in [-0.2, 0) is 13.0 Å². The molecule has 0 amide bonds. The van der Waals surface area contributed by atoms with Crippen molar-refractivity contribution >= 4 is 21.9 Å². The summed E-state index contributed by atoms with van der Waals surface area (Å²) < 4.78 is 1.85. The second kappa shape index (κ2) is 5.35. The first-order valence-electron chi connectivity index (χ1n) is 7.66. The third-order valence-corrected chi connectivity index (χ3v) is 4.03. The van der Waals surface area contributed by atoms with Crippen molar-refractivity contribution in [2.45, 2.75) is 19.9 Å². The molecule has 23 heavy (non-hydrogen) atoms. The molecule has 2 aromatic carbocycles. The van der Waals surface area contributed by atoms with Gasteiger partial charge in [-0.25, -0.2) is 9.97 Å². The number of rotatable bonds is 3. The van der Waals surface area contributed by atoms with Gasteiger partial charge in [-0.2, -0.15) is 0 Å². The van der Waals surface area contributed by atoms with Crippen molar-refractivity contribution < 1.29 is 0 Å². The van der Waals surface area contributed by atoms with Crippen LogP contribution in [0, 0.1) is 0 Å². The van der Waals surface area contributed by atoms with Crippen LogP contribution in [0.25, 0.3) is 21.9 Å². The maximum Gasteiger partial charge on any atom is 0.277 e. The summed E-state index contributed by atoms with van der Waals surface area (Å²) in [6.07, 6.45) is 2.37. The number of aromatic amines is 1. The molecule has 4 rings (SSSR count). The standard InChI is InChI=1S/C18H16N4O/c1-2-15-20-17-16(18(23)21-15)22(11-19-17)10-12-7-8-13-5-3-4-6-14(13)9-12/h3-9,11H,2,10H2,1H3,(H,20,21,23). The van der Waals surface area contributed by atoms with Crippen LogP contribution in [0.1, 0.15) is 18.3 Å². The van der Waals surface area contributed by atoms with Crippen LogP contribution in [0.2, 0.25) is 0 Å². The highest BCUT2D eigenvalue weighted by molar-refractivity contribution is 5.83. The fraction of sp³-hybridized carbons (Fsp3) is 0.167. The van der Waals surface area contributed by atoms with Gasteiger partial charge in [0.25, 0.3) is 5.56 Å². The van der Waals surface area contributed by atoms with E-state index in [4.69, 9.17) is 0 Å². The smallest absolute Gasteiger partial charge is 0.277 e. The van der Waals surface area contributed by atoms with Gasteiger partial charge in [0, 0.05) is 13.0 Å². The van der Waals surface area contributed by atoms with E-state index in [1.807, 2.05) is 23.6 Å². The first-order chi connectivity index (χ1) is 11.2. The van der Waals surface area contributed by atoms with Crippen LogP contribution in [0.15, 0.2) is 53.6 Å². The van der Waals surface area contributed by atoms with Gasteiger partial charge in [-0.3, -0.25) is 4.79 Å². The second-order valence-corrected chi connectivity index (χ2v) is 5.59. The summed E-state index contributed by atoms with van der Waals surface area (Å²) in [6, 6.07) is 14.6. The van der Waals surface area contributed by atoms with Crippen molar-refractivity contribution in [3.05, 3.63) is 70.5 Å². The average molecular weight is 304 g/mol. The van der Waals surface area contributed by atoms with E-state index >= 15 is 0 Å². The number of imidazole rings is 1. The summed E-state index contributed by atoms with van der Waals surface area (Å²) in [4.78, 5) is 23.8. The topological polar surface area (TPSA) is 63.6 Å². The predicted molar refractivity (Wildman–Crippen MR) is 90.6 cm³/mol. The molecule has 0 saturated heterocycles. The van der Waals surface area contributed by atoms with Gasteiger partial charge >= 0.3 is 0 Å². The molecule has 5 heteroatoms. The average Bonchev–Trinajstić information content (AvgIpc) is 2.98. The number of hydrogen-bond acceptors (Lipinski definition) is 3. The fourth-order valence-electron chi connectivity index (χ4n) is 2.85. The molecule has 0 unspecified atom stereocenters. The van der Waals surface area contributed by atoms with Crippen molar-refractivity contribution in [2.24, 2.45) is 0 Å². The Balaban J connectivity index is 1.78. The molecule has 0 fully saturated rings. The number of fused-ring (bicyclic) bond motifs is 2. The van der Waals surface area contributed by atoms with Gasteiger partial charge in [-0.05, 0) is 22.4 Å². The lowest BCUT2D eigenvalue weighted by Crippen LogP contribution is -2.15. The van der Waals surface area contributed by atoms with Crippen molar-refractivity contribution in [2.75, 3.05) is 0 Å². The second-order valence-electron chi connectivity index (χ2n) is 5.59. The molecule has 0 spiro atoms. The minimum atomic E-state index is -0.134. The molecule has 0 aliphatic rings. The lowest BCUT2D eigenvalue weighted by molar-refractivity contribution is 0.818. The Morgan fingerprint density at radius 2 is 1.96 bits per heavy atom. The van der Waals surface area contributed by atoms with Crippen LogP contribution in [0.5, 0.6) is 0 Å². The van der Waals surface area contributed by atoms with Crippen molar-refractivity contribution in [1.29, 1.82) is 0 Å². The Bertz CT molecular complexity index is 1060. The first-order valence-corrected chi connectivity index (χ1v) is 7.66. The van der Waals surface area contributed by atoms with Crippen LogP contribution in [0.3, 0.4) is 0 Å². The first kappa shape index (κ1) is 13.7. The van der Waals surface area contributed by atoms with E-state index in [2.05, 4.69) is 45.3 Å². The molecule has 1 N–H and O–H groups in total. The van der Waals surface area contributed by atoms with Crippen LogP contribution >= 0.6 is 0 Å². The van der Waals surface area contributed by atoms with Gasteiger partial charge in [0.15, 0.2) is 11.2 Å². The van der Waals surface area contributed by atoms with Crippen molar-refractivity contribution in [1.82, 2.24) is 19.5 Å². The van der Waals surface area contributed by atoms with Gasteiger partial charge in [-0.15, -0.1) is 0 Å². The summed E-state index contributed by atoms with van der Waals surface area (Å²) in [6.45, 7) is 2.55. The van der Waals surface area contributed by atoms with E-state index in [0.717, 1.165) is 5.56 Å². The summed E-state index contributed by atoms with van der Waals surface area (Å²) in [7, 11) is 0. The molecule has 0 saturated carbocycles. The predicted octanol–water partition coefficient (Wildman–Crippen LogP) is 2.88. The summed E-state index contributed by atoms with van der Waals surface area (Å²) >= 11 is 0. The highest BCUT2D eigenvalue weighted by Crippen LogP contribution is 2.17. The number of nitrogens with zero attached hydrogens (tertiary/aromatic N) is 3. The van der Waals surface area contributed by atoms with E-state index in [1.165, 1.54) is 10.8 Å². The SMILES string of the molecule is CCc1nc2ncn(Cc3ccc4ccccc4c3)c2c(=O)[nH]1. The zero-order valence-corrected chi connectivity index (χ0v) is 12.8. The molecule has 0 radical (unpaired) electrons. The molecule has 0 aliphatic heterocycles. The number of aromatic nitrogens is 4. The largest absolute Gasteiger partial charge is 0.320 e. The zero-order chi connectivity index (χ0) is 15.8. The lowest BCUT2D eigenvalue weighted by Gasteiger charge is -2.06.